The first kappa shape index (κ1) is 25.2. The third-order valence-corrected chi connectivity index (χ3v) is 8.57. The van der Waals surface area contributed by atoms with Crippen molar-refractivity contribution in [2.75, 3.05) is 6.61 Å². The number of carbonyl (C=O) groups is 1. The maximum atomic E-state index is 11.4. The number of nitrogens with zero attached hydrogens (tertiary/aromatic N) is 1. The SMILES string of the molecule is N=C(/C(COC1CCC(O)(c2nc3ccc(C(=O)O)cc3s2)C1)=C(\O)C1CC1)c1c(Cl)cccc1Cl. The molecule has 2 aromatic carbocycles. The molecule has 3 aromatic rings. The zero-order chi connectivity index (χ0) is 25.6. The van der Waals surface area contributed by atoms with Crippen LogP contribution < -0.4 is 0 Å². The van der Waals surface area contributed by atoms with Gasteiger partial charge < -0.3 is 20.1 Å². The summed E-state index contributed by atoms with van der Waals surface area (Å²) in [4.78, 5) is 15.8. The highest BCUT2D eigenvalue weighted by Crippen LogP contribution is 2.44. The average Bonchev–Trinajstić information content (AvgIpc) is 3.48. The quantitative estimate of drug-likeness (QED) is 0.193. The van der Waals surface area contributed by atoms with E-state index in [9.17, 15) is 20.1 Å². The summed E-state index contributed by atoms with van der Waals surface area (Å²) in [5.74, 6) is -0.879. The van der Waals surface area contributed by atoms with Crippen molar-refractivity contribution in [2.45, 2.75) is 43.8 Å². The minimum absolute atomic E-state index is 0.00386. The molecule has 0 radical (unpaired) electrons. The summed E-state index contributed by atoms with van der Waals surface area (Å²) >= 11 is 13.9. The third kappa shape index (κ3) is 4.88. The van der Waals surface area contributed by atoms with Gasteiger partial charge in [-0.05, 0) is 56.0 Å². The highest BCUT2D eigenvalue weighted by molar-refractivity contribution is 7.18. The van der Waals surface area contributed by atoms with E-state index in [-0.39, 0.29) is 35.7 Å². The number of nitrogens with one attached hydrogen (secondary N) is 1. The van der Waals surface area contributed by atoms with Crippen molar-refractivity contribution >= 4 is 56.4 Å². The third-order valence-electron chi connectivity index (χ3n) is 6.73. The number of hydrogen-bond donors (Lipinski definition) is 4. The molecule has 2 saturated carbocycles. The van der Waals surface area contributed by atoms with Crippen LogP contribution in [0.4, 0.5) is 0 Å². The van der Waals surface area contributed by atoms with Gasteiger partial charge in [-0.15, -0.1) is 11.3 Å². The molecule has 2 fully saturated rings. The van der Waals surface area contributed by atoms with Crippen LogP contribution in [-0.2, 0) is 10.3 Å². The number of fused-ring (bicyclic) bond motifs is 1. The van der Waals surface area contributed by atoms with E-state index >= 15 is 0 Å². The molecule has 1 aromatic heterocycles. The number of benzene rings is 2. The average molecular weight is 547 g/mol. The van der Waals surface area contributed by atoms with E-state index in [4.69, 9.17) is 33.3 Å². The molecule has 2 atom stereocenters. The summed E-state index contributed by atoms with van der Waals surface area (Å²) in [7, 11) is 0. The summed E-state index contributed by atoms with van der Waals surface area (Å²) in [6.45, 7) is -0.00865. The van der Waals surface area contributed by atoms with Crippen LogP contribution in [0.1, 0.15) is 53.0 Å². The van der Waals surface area contributed by atoms with Crippen LogP contribution in [0.5, 0.6) is 0 Å². The minimum atomic E-state index is -1.19. The van der Waals surface area contributed by atoms with Crippen molar-refractivity contribution in [1.82, 2.24) is 4.98 Å². The Morgan fingerprint density at radius 2 is 1.89 bits per heavy atom. The number of rotatable bonds is 8. The van der Waals surface area contributed by atoms with E-state index in [0.29, 0.717) is 55.7 Å². The lowest BCUT2D eigenvalue weighted by Crippen LogP contribution is -2.24. The van der Waals surface area contributed by atoms with Crippen molar-refractivity contribution in [3.63, 3.8) is 0 Å². The number of hydrogen-bond acceptors (Lipinski definition) is 7. The largest absolute Gasteiger partial charge is 0.512 e. The molecule has 1 heterocycles. The van der Waals surface area contributed by atoms with Crippen LogP contribution in [0.15, 0.2) is 47.7 Å². The van der Waals surface area contributed by atoms with E-state index < -0.39 is 11.6 Å². The smallest absolute Gasteiger partial charge is 0.335 e. The molecule has 0 aliphatic heterocycles. The molecule has 2 aliphatic carbocycles. The van der Waals surface area contributed by atoms with Gasteiger partial charge in [0.1, 0.15) is 16.4 Å². The van der Waals surface area contributed by atoms with Crippen molar-refractivity contribution < 1.29 is 24.9 Å². The lowest BCUT2D eigenvalue weighted by atomic mass is 10.00. The molecular formula is C26H24Cl2N2O5S. The van der Waals surface area contributed by atoms with E-state index in [1.54, 1.807) is 30.3 Å². The molecule has 0 saturated heterocycles. The molecule has 0 amide bonds. The van der Waals surface area contributed by atoms with Crippen molar-refractivity contribution in [3.05, 3.63) is 73.9 Å². The summed E-state index contributed by atoms with van der Waals surface area (Å²) < 4.78 is 6.82. The predicted molar refractivity (Wildman–Crippen MR) is 140 cm³/mol. The molecule has 188 valence electrons. The number of carboxylic acids is 1. The molecule has 4 N–H and O–H groups in total. The maximum absolute atomic E-state index is 11.4. The summed E-state index contributed by atoms with van der Waals surface area (Å²) in [5.41, 5.74) is 0.355. The number of aliphatic hydroxyl groups is 2. The lowest BCUT2D eigenvalue weighted by molar-refractivity contribution is 0.0108. The number of allylic oxidation sites excluding steroid dienone is 1. The van der Waals surface area contributed by atoms with Gasteiger partial charge in [0, 0.05) is 23.5 Å². The normalized spacial score (nSPS) is 22.6. The Labute approximate surface area is 221 Å². The zero-order valence-corrected chi connectivity index (χ0v) is 21.5. The summed E-state index contributed by atoms with van der Waals surface area (Å²) in [6, 6.07) is 9.71. The van der Waals surface area contributed by atoms with Gasteiger partial charge >= 0.3 is 5.97 Å². The van der Waals surface area contributed by atoms with E-state index in [0.717, 1.165) is 12.8 Å². The standard InChI is InChI=1S/C26H24Cl2N2O5S/c27-17-2-1-3-18(28)21(17)22(29)16(23(31)13-4-5-13)12-35-15-8-9-26(34,11-15)25-30-19-7-6-14(24(32)33)10-20(19)36-25/h1-3,6-7,10,13,15,29,31,34H,4-5,8-9,11-12H2,(H,32,33)/b23-16-,29-22?. The van der Waals surface area contributed by atoms with Gasteiger partial charge in [-0.2, -0.15) is 0 Å². The van der Waals surface area contributed by atoms with Crippen LogP contribution in [0.3, 0.4) is 0 Å². The van der Waals surface area contributed by atoms with E-state index in [1.807, 2.05) is 0 Å². The van der Waals surface area contributed by atoms with Gasteiger partial charge in [0.25, 0.3) is 0 Å². The fourth-order valence-corrected chi connectivity index (χ4v) is 6.26. The van der Waals surface area contributed by atoms with Crippen molar-refractivity contribution in [1.29, 1.82) is 5.41 Å². The molecule has 0 bridgehead atoms. The van der Waals surface area contributed by atoms with Gasteiger partial charge in [-0.1, -0.05) is 29.3 Å². The molecular weight excluding hydrogens is 523 g/mol. The molecule has 10 heteroatoms. The highest BCUT2D eigenvalue weighted by Gasteiger charge is 2.42. The fourth-order valence-electron chi connectivity index (χ4n) is 4.54. The summed E-state index contributed by atoms with van der Waals surface area (Å²) in [5, 5.41) is 41.4. The molecule has 2 aliphatic rings. The molecule has 0 spiro atoms. The Bertz CT molecular complexity index is 1380. The zero-order valence-electron chi connectivity index (χ0n) is 19.1. The fraction of sp³-hybridized carbons (Fsp3) is 0.346. The molecule has 36 heavy (non-hydrogen) atoms. The van der Waals surface area contributed by atoms with Crippen LogP contribution in [-0.4, -0.2) is 44.7 Å². The van der Waals surface area contributed by atoms with Crippen LogP contribution in [0.25, 0.3) is 10.2 Å². The van der Waals surface area contributed by atoms with Gasteiger partial charge in [-0.25, -0.2) is 9.78 Å². The van der Waals surface area contributed by atoms with Crippen LogP contribution >= 0.6 is 34.5 Å². The minimum Gasteiger partial charge on any atom is -0.512 e. The lowest BCUT2D eigenvalue weighted by Gasteiger charge is -2.21. The highest BCUT2D eigenvalue weighted by atomic mass is 35.5. The molecule has 7 nitrogen and oxygen atoms in total. The van der Waals surface area contributed by atoms with Crippen LogP contribution in [0, 0.1) is 11.3 Å². The molecule has 2 unspecified atom stereocenters. The Kier molecular flexibility index (Phi) is 6.82. The first-order valence-corrected chi connectivity index (χ1v) is 13.2. The second kappa shape index (κ2) is 9.76. The number of aliphatic hydroxyl groups excluding tert-OH is 1. The Morgan fingerprint density at radius 1 is 1.17 bits per heavy atom. The number of carboxylic acid groups (broad SMARTS) is 1. The first-order valence-electron chi connectivity index (χ1n) is 11.6. The molecule has 5 rings (SSSR count). The Hall–Kier alpha value is -2.49. The maximum Gasteiger partial charge on any atom is 0.335 e. The Morgan fingerprint density at radius 3 is 2.56 bits per heavy atom. The predicted octanol–water partition coefficient (Wildman–Crippen LogP) is 6.35. The number of aromatic nitrogens is 1. The van der Waals surface area contributed by atoms with Gasteiger partial charge in [0.05, 0.1) is 44.2 Å². The van der Waals surface area contributed by atoms with Crippen LogP contribution in [0.2, 0.25) is 10.0 Å². The number of ether oxygens (including phenoxy) is 1. The van der Waals surface area contributed by atoms with Crippen molar-refractivity contribution in [3.8, 4) is 0 Å². The number of halogens is 2. The second-order valence-corrected chi connectivity index (χ2v) is 11.2. The van der Waals surface area contributed by atoms with Crippen molar-refractivity contribution in [2.24, 2.45) is 5.92 Å². The van der Waals surface area contributed by atoms with E-state index in [1.165, 1.54) is 17.4 Å². The van der Waals surface area contributed by atoms with Gasteiger partial charge in [0.15, 0.2) is 0 Å². The second-order valence-electron chi connectivity index (χ2n) is 9.32. The number of thiazole rings is 1. The topological polar surface area (TPSA) is 124 Å². The first-order chi connectivity index (χ1) is 17.2. The van der Waals surface area contributed by atoms with Gasteiger partial charge in [0.2, 0.25) is 0 Å². The number of aromatic carboxylic acids is 1. The van der Waals surface area contributed by atoms with Gasteiger partial charge in [-0.3, -0.25) is 5.41 Å². The summed E-state index contributed by atoms with van der Waals surface area (Å²) in [6.07, 6.45) is 2.70. The Balaban J connectivity index is 1.33. The van der Waals surface area contributed by atoms with E-state index in [2.05, 4.69) is 4.98 Å². The monoisotopic (exact) mass is 546 g/mol.